The van der Waals surface area contributed by atoms with Gasteiger partial charge in [0.15, 0.2) is 5.96 Å². The van der Waals surface area contributed by atoms with E-state index >= 15 is 0 Å². The maximum Gasteiger partial charge on any atom is 0.193 e. The molecule has 0 atom stereocenters. The van der Waals surface area contributed by atoms with Crippen LogP contribution in [0.25, 0.3) is 0 Å². The molecule has 0 saturated heterocycles. The number of aliphatic imine (C=N–C) groups is 1. The molecule has 0 aliphatic carbocycles. The summed E-state index contributed by atoms with van der Waals surface area (Å²) in [4.78, 5) is 5.49. The van der Waals surface area contributed by atoms with Gasteiger partial charge in [-0.2, -0.15) is 0 Å². The first-order chi connectivity index (χ1) is 10.1. The zero-order chi connectivity index (χ0) is 15.1. The van der Waals surface area contributed by atoms with Crippen LogP contribution in [0.5, 0.6) is 0 Å². The molecule has 0 aliphatic heterocycles. The Morgan fingerprint density at radius 2 is 1.81 bits per heavy atom. The predicted octanol–water partition coefficient (Wildman–Crippen LogP) is 4.17. The van der Waals surface area contributed by atoms with Crippen LogP contribution in [0.4, 0.5) is 5.69 Å². The quantitative estimate of drug-likeness (QED) is 0.376. The first-order valence-electron chi connectivity index (χ1n) is 6.65. The monoisotopic (exact) mass is 319 g/mol. The maximum atomic E-state index is 5.86. The van der Waals surface area contributed by atoms with Gasteiger partial charge >= 0.3 is 0 Å². The molecule has 0 unspecified atom stereocenters. The van der Waals surface area contributed by atoms with Crippen LogP contribution in [-0.4, -0.2) is 18.3 Å². The van der Waals surface area contributed by atoms with Crippen LogP contribution in [-0.2, 0) is 0 Å². The summed E-state index contributed by atoms with van der Waals surface area (Å²) >= 11 is 7.58. The van der Waals surface area contributed by atoms with Crippen LogP contribution in [0.15, 0.2) is 58.4 Å². The highest BCUT2D eigenvalue weighted by molar-refractivity contribution is 7.99. The molecule has 0 aliphatic rings. The van der Waals surface area contributed by atoms with E-state index in [9.17, 15) is 0 Å². The SMILES string of the molecule is Cc1ccc(NC(N)=NCCSc2ccc(Cl)cc2)cc1. The Bertz CT molecular complexity index is 594. The Hall–Kier alpha value is -1.65. The third-order valence-corrected chi connectivity index (χ3v) is 4.02. The summed E-state index contributed by atoms with van der Waals surface area (Å²) < 4.78 is 0. The third-order valence-electron chi connectivity index (χ3n) is 2.78. The maximum absolute atomic E-state index is 5.86. The van der Waals surface area contributed by atoms with Gasteiger partial charge in [0.1, 0.15) is 0 Å². The summed E-state index contributed by atoms with van der Waals surface area (Å²) in [6, 6.07) is 15.8. The third kappa shape index (κ3) is 5.69. The van der Waals surface area contributed by atoms with E-state index in [0.29, 0.717) is 12.5 Å². The van der Waals surface area contributed by atoms with Crippen LogP contribution in [0, 0.1) is 6.92 Å². The number of nitrogens with one attached hydrogen (secondary N) is 1. The molecule has 2 aromatic rings. The summed E-state index contributed by atoms with van der Waals surface area (Å²) in [5.74, 6) is 1.31. The molecule has 0 radical (unpaired) electrons. The van der Waals surface area contributed by atoms with E-state index in [1.54, 1.807) is 11.8 Å². The van der Waals surface area contributed by atoms with Gasteiger partial charge in [0.05, 0.1) is 6.54 Å². The predicted molar refractivity (Wildman–Crippen MR) is 93.5 cm³/mol. The van der Waals surface area contributed by atoms with Gasteiger partial charge in [0, 0.05) is 21.4 Å². The average molecular weight is 320 g/mol. The van der Waals surface area contributed by atoms with Gasteiger partial charge in [-0.05, 0) is 43.3 Å². The molecule has 0 saturated carbocycles. The highest BCUT2D eigenvalue weighted by Gasteiger charge is 1.96. The Balaban J connectivity index is 1.75. The summed E-state index contributed by atoms with van der Waals surface area (Å²) in [6.07, 6.45) is 0. The molecule has 0 aromatic heterocycles. The highest BCUT2D eigenvalue weighted by Crippen LogP contribution is 2.19. The molecule has 0 amide bonds. The van der Waals surface area contributed by atoms with Crippen molar-refractivity contribution in [2.75, 3.05) is 17.6 Å². The summed E-state index contributed by atoms with van der Waals surface area (Å²) in [5.41, 5.74) is 8.02. The number of rotatable bonds is 5. The standard InChI is InChI=1S/C16H18ClN3S/c1-12-2-6-14(7-3-12)20-16(18)19-10-11-21-15-8-4-13(17)5-9-15/h2-9H,10-11H2,1H3,(H3,18,19,20). The second kappa shape index (κ2) is 7.96. The molecule has 0 spiro atoms. The Labute approximate surface area is 134 Å². The first-order valence-corrected chi connectivity index (χ1v) is 8.02. The van der Waals surface area contributed by atoms with Gasteiger partial charge in [0.25, 0.3) is 0 Å². The summed E-state index contributed by atoms with van der Waals surface area (Å²) in [5, 5.41) is 3.83. The minimum atomic E-state index is 0.440. The normalized spacial score (nSPS) is 11.4. The highest BCUT2D eigenvalue weighted by atomic mass is 35.5. The van der Waals surface area contributed by atoms with E-state index in [-0.39, 0.29) is 0 Å². The molecule has 3 N–H and O–H groups in total. The van der Waals surface area contributed by atoms with Crippen molar-refractivity contribution in [2.24, 2.45) is 10.7 Å². The van der Waals surface area contributed by atoms with Crippen molar-refractivity contribution in [2.45, 2.75) is 11.8 Å². The smallest absolute Gasteiger partial charge is 0.193 e. The van der Waals surface area contributed by atoms with Crippen LogP contribution in [0.3, 0.4) is 0 Å². The number of aryl methyl sites for hydroxylation is 1. The Morgan fingerprint density at radius 1 is 1.14 bits per heavy atom. The number of benzene rings is 2. The van der Waals surface area contributed by atoms with E-state index in [1.165, 1.54) is 10.5 Å². The molecular weight excluding hydrogens is 302 g/mol. The van der Waals surface area contributed by atoms with Crippen molar-refractivity contribution >= 4 is 35.0 Å². The second-order valence-electron chi connectivity index (χ2n) is 4.56. The van der Waals surface area contributed by atoms with E-state index in [0.717, 1.165) is 16.5 Å². The minimum absolute atomic E-state index is 0.440. The van der Waals surface area contributed by atoms with Crippen molar-refractivity contribution in [3.63, 3.8) is 0 Å². The average Bonchev–Trinajstić information content (AvgIpc) is 2.48. The van der Waals surface area contributed by atoms with Gasteiger partial charge in [-0.1, -0.05) is 29.3 Å². The number of hydrogen-bond donors (Lipinski definition) is 2. The number of thioether (sulfide) groups is 1. The number of halogens is 1. The Morgan fingerprint density at radius 3 is 2.48 bits per heavy atom. The van der Waals surface area contributed by atoms with Crippen molar-refractivity contribution in [3.05, 3.63) is 59.1 Å². The zero-order valence-corrected chi connectivity index (χ0v) is 13.4. The van der Waals surface area contributed by atoms with Gasteiger partial charge in [-0.3, -0.25) is 4.99 Å². The van der Waals surface area contributed by atoms with Crippen molar-refractivity contribution in [3.8, 4) is 0 Å². The summed E-state index contributed by atoms with van der Waals surface area (Å²) in [6.45, 7) is 2.72. The van der Waals surface area contributed by atoms with Crippen LogP contribution in [0.1, 0.15) is 5.56 Å². The molecule has 110 valence electrons. The van der Waals surface area contributed by atoms with E-state index in [2.05, 4.69) is 17.2 Å². The molecule has 2 rings (SSSR count). The zero-order valence-electron chi connectivity index (χ0n) is 11.8. The van der Waals surface area contributed by atoms with Crippen LogP contribution >= 0.6 is 23.4 Å². The Kier molecular flexibility index (Phi) is 5.96. The first kappa shape index (κ1) is 15.7. The molecule has 21 heavy (non-hydrogen) atoms. The second-order valence-corrected chi connectivity index (χ2v) is 6.17. The topological polar surface area (TPSA) is 50.4 Å². The number of anilines is 1. The summed E-state index contributed by atoms with van der Waals surface area (Å²) in [7, 11) is 0. The minimum Gasteiger partial charge on any atom is -0.370 e. The van der Waals surface area contributed by atoms with E-state index in [4.69, 9.17) is 17.3 Å². The fraction of sp³-hybridized carbons (Fsp3) is 0.188. The molecule has 2 aromatic carbocycles. The molecule has 5 heteroatoms. The van der Waals surface area contributed by atoms with Gasteiger partial charge in [-0.25, -0.2) is 0 Å². The number of nitrogens with two attached hydrogens (primary N) is 1. The largest absolute Gasteiger partial charge is 0.370 e. The van der Waals surface area contributed by atoms with Crippen molar-refractivity contribution in [1.29, 1.82) is 0 Å². The lowest BCUT2D eigenvalue weighted by Gasteiger charge is -2.06. The molecule has 0 bridgehead atoms. The lowest BCUT2D eigenvalue weighted by atomic mass is 10.2. The van der Waals surface area contributed by atoms with Gasteiger partial charge in [-0.15, -0.1) is 11.8 Å². The molecule has 0 fully saturated rings. The fourth-order valence-electron chi connectivity index (χ4n) is 1.68. The molecular formula is C16H18ClN3S. The van der Waals surface area contributed by atoms with Gasteiger partial charge in [0.2, 0.25) is 0 Å². The van der Waals surface area contributed by atoms with Crippen LogP contribution in [0.2, 0.25) is 5.02 Å². The van der Waals surface area contributed by atoms with Crippen molar-refractivity contribution < 1.29 is 0 Å². The van der Waals surface area contributed by atoms with Crippen LogP contribution < -0.4 is 11.1 Å². The lowest BCUT2D eigenvalue weighted by Crippen LogP contribution is -2.23. The van der Waals surface area contributed by atoms with E-state index < -0.39 is 0 Å². The van der Waals surface area contributed by atoms with Crippen molar-refractivity contribution in [1.82, 2.24) is 0 Å². The van der Waals surface area contributed by atoms with Gasteiger partial charge < -0.3 is 11.1 Å². The lowest BCUT2D eigenvalue weighted by molar-refractivity contribution is 1.13. The number of nitrogens with zero attached hydrogens (tertiary/aromatic N) is 1. The molecule has 3 nitrogen and oxygen atoms in total. The number of hydrogen-bond acceptors (Lipinski definition) is 2. The van der Waals surface area contributed by atoms with E-state index in [1.807, 2.05) is 48.5 Å². The molecule has 0 heterocycles. The number of guanidine groups is 1. The fourth-order valence-corrected chi connectivity index (χ4v) is 2.56.